The van der Waals surface area contributed by atoms with Gasteiger partial charge in [-0.2, -0.15) is 0 Å². The minimum atomic E-state index is 0.250. The van der Waals surface area contributed by atoms with Crippen molar-refractivity contribution in [2.75, 3.05) is 44.9 Å². The lowest BCUT2D eigenvalue weighted by Gasteiger charge is -2.39. The summed E-state index contributed by atoms with van der Waals surface area (Å²) < 4.78 is 17.5. The highest BCUT2D eigenvalue weighted by Gasteiger charge is 2.27. The van der Waals surface area contributed by atoms with Crippen molar-refractivity contribution in [3.63, 3.8) is 0 Å². The Balaban J connectivity index is 1.26. The van der Waals surface area contributed by atoms with Gasteiger partial charge < -0.3 is 19.1 Å². The Morgan fingerprint density at radius 3 is 2.32 bits per heavy atom. The Morgan fingerprint density at radius 2 is 1.56 bits per heavy atom. The average Bonchev–Trinajstić information content (AvgIpc) is 3.40. The first-order valence-corrected chi connectivity index (χ1v) is 12.3. The summed E-state index contributed by atoms with van der Waals surface area (Å²) in [7, 11) is 1.70. The van der Waals surface area contributed by atoms with Crippen LogP contribution >= 0.6 is 0 Å². The molecule has 0 radical (unpaired) electrons. The largest absolute Gasteiger partial charge is 0.497 e. The van der Waals surface area contributed by atoms with Crippen molar-refractivity contribution in [3.8, 4) is 17.2 Å². The molecule has 3 aromatic rings. The zero-order valence-electron chi connectivity index (χ0n) is 20.0. The van der Waals surface area contributed by atoms with E-state index in [2.05, 4.69) is 64.4 Å². The van der Waals surface area contributed by atoms with Crippen LogP contribution in [-0.4, -0.2) is 50.9 Å². The number of anilines is 1. The van der Waals surface area contributed by atoms with Gasteiger partial charge in [-0.15, -0.1) is 0 Å². The maximum absolute atomic E-state index is 6.14. The molecule has 1 saturated heterocycles. The molecule has 3 aromatic carbocycles. The molecule has 5 heteroatoms. The zero-order valence-corrected chi connectivity index (χ0v) is 20.0. The molecular formula is C29H34N2O3. The molecule has 1 atom stereocenters. The van der Waals surface area contributed by atoms with Crippen molar-refractivity contribution in [1.29, 1.82) is 0 Å². The highest BCUT2D eigenvalue weighted by Crippen LogP contribution is 2.36. The van der Waals surface area contributed by atoms with Gasteiger partial charge in [0.25, 0.3) is 0 Å². The first-order chi connectivity index (χ1) is 16.8. The topological polar surface area (TPSA) is 34.2 Å². The van der Waals surface area contributed by atoms with Crippen molar-refractivity contribution in [2.45, 2.75) is 31.8 Å². The first kappa shape index (κ1) is 22.6. The Hall–Kier alpha value is -3.18. The summed E-state index contributed by atoms with van der Waals surface area (Å²) in [5.41, 5.74) is 3.70. The van der Waals surface area contributed by atoms with Crippen LogP contribution < -0.4 is 19.1 Å². The van der Waals surface area contributed by atoms with Gasteiger partial charge in [-0.1, -0.05) is 36.4 Å². The van der Waals surface area contributed by atoms with Gasteiger partial charge >= 0.3 is 0 Å². The maximum atomic E-state index is 6.14. The van der Waals surface area contributed by atoms with Crippen LogP contribution in [0, 0.1) is 0 Å². The second-order valence-corrected chi connectivity index (χ2v) is 9.15. The molecule has 5 nitrogen and oxygen atoms in total. The fraction of sp³-hybridized carbons (Fsp3) is 0.379. The third kappa shape index (κ3) is 5.48. The van der Waals surface area contributed by atoms with Crippen LogP contribution in [-0.2, 0) is 13.0 Å². The smallest absolute Gasteiger partial charge is 0.142 e. The summed E-state index contributed by atoms with van der Waals surface area (Å²) in [4.78, 5) is 4.96. The summed E-state index contributed by atoms with van der Waals surface area (Å²) >= 11 is 0. The molecule has 0 bridgehead atoms. The van der Waals surface area contributed by atoms with Crippen molar-refractivity contribution < 1.29 is 14.2 Å². The number of nitrogens with zero attached hydrogens (tertiary/aromatic N) is 2. The molecule has 0 saturated carbocycles. The van der Waals surface area contributed by atoms with E-state index >= 15 is 0 Å². The maximum Gasteiger partial charge on any atom is 0.142 e. The van der Waals surface area contributed by atoms with Gasteiger partial charge in [0.15, 0.2) is 0 Å². The van der Waals surface area contributed by atoms with E-state index in [4.69, 9.17) is 14.2 Å². The second-order valence-electron chi connectivity index (χ2n) is 9.15. The monoisotopic (exact) mass is 458 g/mol. The number of likely N-dealkylation sites (tertiary alicyclic amines) is 1. The van der Waals surface area contributed by atoms with Crippen LogP contribution in [0.2, 0.25) is 0 Å². The molecule has 0 N–H and O–H groups in total. The molecule has 1 fully saturated rings. The van der Waals surface area contributed by atoms with Gasteiger partial charge in [0.1, 0.15) is 30.5 Å². The van der Waals surface area contributed by atoms with E-state index in [-0.39, 0.29) is 6.04 Å². The van der Waals surface area contributed by atoms with E-state index in [0.717, 1.165) is 49.1 Å². The standard InChI is InChI=1S/C29H34N2O3/c1-32-26-12-8-23(9-13-26)20-25-22-34-29-7-3-2-6-28(29)31(25)21-24-10-14-27(15-11-24)33-19-18-30-16-4-5-17-30/h2-3,6-15,25H,4-5,16-22H2,1H3/t25-/m1/s1. The lowest BCUT2D eigenvalue weighted by molar-refractivity contribution is 0.237. The molecule has 0 unspecified atom stereocenters. The van der Waals surface area contributed by atoms with Crippen molar-refractivity contribution >= 4 is 5.69 Å². The number of hydrogen-bond acceptors (Lipinski definition) is 5. The summed E-state index contributed by atoms with van der Waals surface area (Å²) in [6.45, 7) is 5.68. The van der Waals surface area contributed by atoms with E-state index in [1.54, 1.807) is 7.11 Å². The number of fused-ring (bicyclic) bond motifs is 1. The van der Waals surface area contributed by atoms with Gasteiger partial charge in [0, 0.05) is 13.1 Å². The van der Waals surface area contributed by atoms with Crippen molar-refractivity contribution in [1.82, 2.24) is 4.90 Å². The van der Waals surface area contributed by atoms with Gasteiger partial charge in [0.2, 0.25) is 0 Å². The normalized spacial score (nSPS) is 17.8. The van der Waals surface area contributed by atoms with E-state index in [1.165, 1.54) is 37.1 Å². The van der Waals surface area contributed by atoms with E-state index in [9.17, 15) is 0 Å². The van der Waals surface area contributed by atoms with E-state index in [1.807, 2.05) is 18.2 Å². The minimum absolute atomic E-state index is 0.250. The summed E-state index contributed by atoms with van der Waals surface area (Å²) in [5, 5.41) is 0. The molecular weight excluding hydrogens is 424 g/mol. The van der Waals surface area contributed by atoms with E-state index < -0.39 is 0 Å². The van der Waals surface area contributed by atoms with Gasteiger partial charge in [-0.05, 0) is 79.9 Å². The van der Waals surface area contributed by atoms with Crippen LogP contribution in [0.3, 0.4) is 0 Å². The fourth-order valence-electron chi connectivity index (χ4n) is 4.89. The molecule has 0 amide bonds. The molecule has 34 heavy (non-hydrogen) atoms. The SMILES string of the molecule is COc1ccc(C[C@@H]2COc3ccccc3N2Cc2ccc(OCCN3CCCC3)cc2)cc1. The Labute approximate surface area is 202 Å². The number of hydrogen-bond donors (Lipinski definition) is 0. The lowest BCUT2D eigenvalue weighted by Crippen LogP contribution is -2.44. The number of rotatable bonds is 9. The summed E-state index contributed by atoms with van der Waals surface area (Å²) in [6.07, 6.45) is 3.55. The van der Waals surface area contributed by atoms with Gasteiger partial charge in [0.05, 0.1) is 18.8 Å². The molecule has 178 valence electrons. The number of methoxy groups -OCH3 is 1. The Kier molecular flexibility index (Phi) is 7.20. The summed E-state index contributed by atoms with van der Waals surface area (Å²) in [6, 6.07) is 25.5. The number of ether oxygens (including phenoxy) is 3. The first-order valence-electron chi connectivity index (χ1n) is 12.3. The third-order valence-corrected chi connectivity index (χ3v) is 6.83. The van der Waals surface area contributed by atoms with Crippen molar-refractivity contribution in [3.05, 3.63) is 83.9 Å². The average molecular weight is 459 g/mol. The fourth-order valence-corrected chi connectivity index (χ4v) is 4.89. The highest BCUT2D eigenvalue weighted by atomic mass is 16.5. The molecule has 0 spiro atoms. The molecule has 2 heterocycles. The molecule has 2 aliphatic rings. The molecule has 5 rings (SSSR count). The van der Waals surface area contributed by atoms with Crippen molar-refractivity contribution in [2.24, 2.45) is 0 Å². The number of para-hydroxylation sites is 2. The Bertz CT molecular complexity index is 1050. The predicted octanol–water partition coefficient (Wildman–Crippen LogP) is 5.18. The van der Waals surface area contributed by atoms with Crippen LogP contribution in [0.15, 0.2) is 72.8 Å². The third-order valence-electron chi connectivity index (χ3n) is 6.83. The molecule has 0 aromatic heterocycles. The quantitative estimate of drug-likeness (QED) is 0.441. The van der Waals surface area contributed by atoms with Crippen LogP contribution in [0.5, 0.6) is 17.2 Å². The predicted molar refractivity (Wildman–Crippen MR) is 136 cm³/mol. The van der Waals surface area contributed by atoms with Crippen LogP contribution in [0.4, 0.5) is 5.69 Å². The van der Waals surface area contributed by atoms with Gasteiger partial charge in [-0.3, -0.25) is 4.90 Å². The van der Waals surface area contributed by atoms with Gasteiger partial charge in [-0.25, -0.2) is 0 Å². The summed E-state index contributed by atoms with van der Waals surface area (Å²) in [5.74, 6) is 2.78. The number of benzene rings is 3. The lowest BCUT2D eigenvalue weighted by atomic mass is 10.0. The van der Waals surface area contributed by atoms with E-state index in [0.29, 0.717) is 6.61 Å². The van der Waals surface area contributed by atoms with Crippen LogP contribution in [0.1, 0.15) is 24.0 Å². The highest BCUT2D eigenvalue weighted by molar-refractivity contribution is 5.61. The zero-order chi connectivity index (χ0) is 23.2. The molecule has 2 aliphatic heterocycles. The minimum Gasteiger partial charge on any atom is -0.497 e. The Morgan fingerprint density at radius 1 is 0.853 bits per heavy atom. The van der Waals surface area contributed by atoms with Crippen LogP contribution in [0.25, 0.3) is 0 Å². The second kappa shape index (κ2) is 10.8. The molecule has 0 aliphatic carbocycles.